The second-order valence-electron chi connectivity index (χ2n) is 6.14. The van der Waals surface area contributed by atoms with Crippen LogP contribution in [-0.2, 0) is 6.54 Å². The number of nitrogens with zero attached hydrogens (tertiary/aromatic N) is 6. The summed E-state index contributed by atoms with van der Waals surface area (Å²) in [4.78, 5) is 13.8. The molecule has 1 aliphatic rings. The third kappa shape index (κ3) is 1.58. The van der Waals surface area contributed by atoms with Gasteiger partial charge in [0.25, 0.3) is 11.5 Å². The van der Waals surface area contributed by atoms with Crippen molar-refractivity contribution in [1.82, 2.24) is 23.9 Å². The number of hydrogen-bond acceptors (Lipinski definition) is 3. The van der Waals surface area contributed by atoms with Gasteiger partial charge >= 0.3 is 11.4 Å². The van der Waals surface area contributed by atoms with E-state index in [1.54, 1.807) is 6.20 Å². The molecule has 0 N–H and O–H groups in total. The van der Waals surface area contributed by atoms with Crippen LogP contribution in [0.4, 0.5) is 0 Å². The molecule has 0 fully saturated rings. The quantitative estimate of drug-likeness (QED) is 0.436. The number of rotatable bonds is 1. The van der Waals surface area contributed by atoms with Gasteiger partial charge in [0.1, 0.15) is 11.4 Å². The predicted octanol–water partition coefficient (Wildman–Crippen LogP) is 2.38. The Morgan fingerprint density at radius 3 is 2.72 bits per heavy atom. The van der Waals surface area contributed by atoms with Gasteiger partial charge in [0.15, 0.2) is 0 Å². The molecule has 0 saturated heterocycles. The molecule has 0 amide bonds. The van der Waals surface area contributed by atoms with E-state index in [-0.39, 0.29) is 0 Å². The lowest BCUT2D eigenvalue weighted by Crippen LogP contribution is -2.31. The summed E-state index contributed by atoms with van der Waals surface area (Å²) in [5.41, 5.74) is 5.26. The Morgan fingerprint density at radius 2 is 1.80 bits per heavy atom. The van der Waals surface area contributed by atoms with E-state index < -0.39 is 0 Å². The average molecular weight is 325 g/mol. The van der Waals surface area contributed by atoms with Crippen LogP contribution in [0.25, 0.3) is 34.3 Å². The number of imidazole rings is 2. The van der Waals surface area contributed by atoms with Gasteiger partial charge in [-0.3, -0.25) is 0 Å². The number of hydrogen-bond donors (Lipinski definition) is 0. The lowest BCUT2D eigenvalue weighted by molar-refractivity contribution is -0.647. The molecule has 0 spiro atoms. The fourth-order valence-electron chi connectivity index (χ4n) is 3.72. The zero-order chi connectivity index (χ0) is 16.4. The minimum absolute atomic E-state index is 0.705. The highest BCUT2D eigenvalue weighted by Gasteiger charge is 2.37. The molecule has 0 radical (unpaired) electrons. The molecule has 0 atom stereocenters. The smallest absolute Gasteiger partial charge is 0.249 e. The summed E-state index contributed by atoms with van der Waals surface area (Å²) in [5.74, 6) is 1.77. The highest BCUT2D eigenvalue weighted by molar-refractivity contribution is 5.77. The Labute approximate surface area is 142 Å². The summed E-state index contributed by atoms with van der Waals surface area (Å²) in [7, 11) is 0. The Morgan fingerprint density at radius 1 is 0.920 bits per heavy atom. The van der Waals surface area contributed by atoms with Gasteiger partial charge in [0, 0.05) is 24.2 Å². The summed E-state index contributed by atoms with van der Waals surface area (Å²) in [6.07, 6.45) is 5.63. The van der Waals surface area contributed by atoms with E-state index in [1.165, 1.54) is 5.56 Å². The van der Waals surface area contributed by atoms with E-state index >= 15 is 0 Å². The van der Waals surface area contributed by atoms with Crippen molar-refractivity contribution in [3.8, 4) is 17.2 Å². The molecule has 6 heteroatoms. The van der Waals surface area contributed by atoms with Gasteiger partial charge in [-0.25, -0.2) is 23.5 Å². The normalized spacial score (nSPS) is 12.6. The van der Waals surface area contributed by atoms with Crippen LogP contribution in [0, 0.1) is 0 Å². The number of para-hydroxylation sites is 1. The number of pyridine rings is 1. The largest absolute Gasteiger partial charge is 0.325 e. The molecule has 4 aromatic heterocycles. The Kier molecular flexibility index (Phi) is 2.31. The molecule has 6 nitrogen and oxygen atoms in total. The molecule has 0 unspecified atom stereocenters. The van der Waals surface area contributed by atoms with E-state index in [0.717, 1.165) is 35.0 Å². The summed E-state index contributed by atoms with van der Waals surface area (Å²) in [6, 6.07) is 16.4. The van der Waals surface area contributed by atoms with Gasteiger partial charge in [-0.05, 0) is 24.3 Å². The molecule has 6 rings (SSSR count). The molecule has 25 heavy (non-hydrogen) atoms. The monoisotopic (exact) mass is 325 g/mol. The molecule has 118 valence electrons. The minimum atomic E-state index is 0.705. The minimum Gasteiger partial charge on any atom is -0.249 e. The molecule has 5 heterocycles. The molecule has 0 saturated carbocycles. The van der Waals surface area contributed by atoms with Gasteiger partial charge in [0.05, 0.1) is 6.54 Å². The van der Waals surface area contributed by atoms with Crippen molar-refractivity contribution in [2.75, 3.05) is 0 Å². The van der Waals surface area contributed by atoms with Gasteiger partial charge < -0.3 is 0 Å². The summed E-state index contributed by atoms with van der Waals surface area (Å²) in [5, 5.41) is 0. The van der Waals surface area contributed by atoms with Crippen molar-refractivity contribution in [2.45, 2.75) is 6.54 Å². The number of benzene rings is 1. The van der Waals surface area contributed by atoms with Crippen molar-refractivity contribution < 1.29 is 4.57 Å². The summed E-state index contributed by atoms with van der Waals surface area (Å²) < 4.78 is 6.50. The van der Waals surface area contributed by atoms with Crippen molar-refractivity contribution >= 4 is 17.1 Å². The van der Waals surface area contributed by atoms with Crippen molar-refractivity contribution in [2.24, 2.45) is 0 Å². The Bertz CT molecular complexity index is 1270. The topological polar surface area (TPSA) is 51.9 Å². The van der Waals surface area contributed by atoms with E-state index in [0.29, 0.717) is 5.78 Å². The van der Waals surface area contributed by atoms with Crippen LogP contribution in [0.15, 0.2) is 67.1 Å². The number of fused-ring (bicyclic) bond motifs is 7. The first-order valence-corrected chi connectivity index (χ1v) is 8.19. The molecular weight excluding hydrogens is 312 g/mol. The average Bonchev–Trinajstić information content (AvgIpc) is 3.30. The lowest BCUT2D eigenvalue weighted by Gasteiger charge is -2.03. The van der Waals surface area contributed by atoms with Gasteiger partial charge in [-0.1, -0.05) is 29.2 Å². The van der Waals surface area contributed by atoms with Crippen molar-refractivity contribution in [1.29, 1.82) is 0 Å². The molecule has 0 bridgehead atoms. The van der Waals surface area contributed by atoms with Crippen molar-refractivity contribution in [3.63, 3.8) is 0 Å². The molecular formula is C19H13N6+. The highest BCUT2D eigenvalue weighted by atomic mass is 15.3. The van der Waals surface area contributed by atoms with Gasteiger partial charge in [0.2, 0.25) is 0 Å². The fourth-order valence-corrected chi connectivity index (χ4v) is 3.72. The van der Waals surface area contributed by atoms with Crippen LogP contribution in [0.3, 0.4) is 0 Å². The van der Waals surface area contributed by atoms with Crippen LogP contribution in [0.1, 0.15) is 5.56 Å². The summed E-state index contributed by atoms with van der Waals surface area (Å²) >= 11 is 0. The standard InChI is InChI=1S/C19H13N6/c1-2-7-14(8-3-1)25-17-15-13(6-4-9-20-15)12-24(17)16-18(25)23-11-5-10-21-19(23)22-16/h1-11H,12H2/q+1. The third-order valence-electron chi connectivity index (χ3n) is 4.74. The molecule has 5 aromatic rings. The Hall–Kier alpha value is -3.54. The predicted molar refractivity (Wildman–Crippen MR) is 92.3 cm³/mol. The third-order valence-corrected chi connectivity index (χ3v) is 4.74. The van der Waals surface area contributed by atoms with E-state index in [1.807, 2.05) is 47.1 Å². The van der Waals surface area contributed by atoms with Crippen LogP contribution in [0.2, 0.25) is 0 Å². The lowest BCUT2D eigenvalue weighted by atomic mass is 10.2. The zero-order valence-corrected chi connectivity index (χ0v) is 13.2. The van der Waals surface area contributed by atoms with E-state index in [4.69, 9.17) is 4.98 Å². The SMILES string of the molecule is c1ccc(-n2c3[n+](c4nc5ncccn5c42)Cc2cccnc2-3)cc1. The maximum Gasteiger partial charge on any atom is 0.325 e. The zero-order valence-electron chi connectivity index (χ0n) is 13.2. The van der Waals surface area contributed by atoms with Crippen LogP contribution < -0.4 is 4.57 Å². The maximum atomic E-state index is 4.78. The van der Waals surface area contributed by atoms with Gasteiger partial charge in [-0.2, -0.15) is 0 Å². The molecule has 1 aliphatic heterocycles. The van der Waals surface area contributed by atoms with Crippen LogP contribution in [0.5, 0.6) is 0 Å². The Balaban J connectivity index is 1.84. The highest BCUT2D eigenvalue weighted by Crippen LogP contribution is 2.32. The van der Waals surface area contributed by atoms with Crippen LogP contribution >= 0.6 is 0 Å². The second-order valence-corrected chi connectivity index (χ2v) is 6.14. The first-order chi connectivity index (χ1) is 12.4. The first-order valence-electron chi connectivity index (χ1n) is 8.19. The summed E-state index contributed by atoms with van der Waals surface area (Å²) in [6.45, 7) is 0.777. The van der Waals surface area contributed by atoms with E-state index in [9.17, 15) is 0 Å². The van der Waals surface area contributed by atoms with Crippen LogP contribution in [-0.4, -0.2) is 23.9 Å². The van der Waals surface area contributed by atoms with E-state index in [2.05, 4.69) is 37.3 Å². The van der Waals surface area contributed by atoms with Crippen molar-refractivity contribution in [3.05, 3.63) is 72.7 Å². The molecule has 0 aliphatic carbocycles. The first kappa shape index (κ1) is 12.8. The fraction of sp³-hybridized carbons (Fsp3) is 0.0526. The molecule has 1 aromatic carbocycles. The number of aromatic nitrogens is 6. The second kappa shape index (κ2) is 4.51. The maximum absolute atomic E-state index is 4.78. The van der Waals surface area contributed by atoms with Gasteiger partial charge in [-0.15, -0.1) is 0 Å².